The van der Waals surface area contributed by atoms with Gasteiger partial charge in [-0.3, -0.25) is 4.79 Å². The van der Waals surface area contributed by atoms with Gasteiger partial charge in [0.1, 0.15) is 6.23 Å². The van der Waals surface area contributed by atoms with Gasteiger partial charge in [-0.1, -0.05) is 13.8 Å². The van der Waals surface area contributed by atoms with Crippen LogP contribution in [0.3, 0.4) is 0 Å². The van der Waals surface area contributed by atoms with Crippen molar-refractivity contribution < 1.29 is 13.6 Å². The molecular weight excluding hydrogens is 236 g/mol. The number of ether oxygens (including phenoxy) is 1. The first-order chi connectivity index (χ1) is 7.07. The van der Waals surface area contributed by atoms with Crippen molar-refractivity contribution in [1.29, 1.82) is 0 Å². The summed E-state index contributed by atoms with van der Waals surface area (Å²) in [5, 5.41) is 0. The zero-order chi connectivity index (χ0) is 13.0. The number of hydrogen-bond donors (Lipinski definition) is 0. The molecule has 5 heteroatoms. The SMILES string of the molecule is CCC(C)C(=O)OC[Si](C)(C)O[Si](C)(C)C. The van der Waals surface area contributed by atoms with Gasteiger partial charge in [-0.2, -0.15) is 0 Å². The lowest BCUT2D eigenvalue weighted by atomic mass is 10.1. The minimum absolute atomic E-state index is 0.00307. The Kier molecular flexibility index (Phi) is 5.93. The van der Waals surface area contributed by atoms with Gasteiger partial charge in [-0.15, -0.1) is 0 Å². The predicted molar refractivity (Wildman–Crippen MR) is 72.3 cm³/mol. The minimum Gasteiger partial charge on any atom is -0.466 e. The molecule has 0 heterocycles. The standard InChI is InChI=1S/C11H26O3Si2/c1-8-10(2)11(12)13-9-16(6,7)14-15(3,4)5/h10H,8-9H2,1-7H3. The first-order valence-electron chi connectivity index (χ1n) is 5.94. The topological polar surface area (TPSA) is 35.5 Å². The Morgan fingerprint density at radius 2 is 1.69 bits per heavy atom. The molecule has 1 atom stereocenters. The van der Waals surface area contributed by atoms with Crippen LogP contribution in [-0.2, 0) is 13.6 Å². The van der Waals surface area contributed by atoms with E-state index < -0.39 is 16.6 Å². The fourth-order valence-electron chi connectivity index (χ4n) is 1.41. The molecule has 0 amide bonds. The minimum atomic E-state index is -1.84. The Hall–Kier alpha value is -0.136. The third-order valence-corrected chi connectivity index (χ3v) is 7.66. The van der Waals surface area contributed by atoms with Gasteiger partial charge in [-0.05, 0) is 39.2 Å². The molecular formula is C11H26O3Si2. The summed E-state index contributed by atoms with van der Waals surface area (Å²) in [6.45, 7) is 14.6. The van der Waals surface area contributed by atoms with Gasteiger partial charge in [0.05, 0.1) is 5.92 Å². The Labute approximate surface area is 102 Å². The molecule has 0 rings (SSSR count). The van der Waals surface area contributed by atoms with Crippen LogP contribution in [0.25, 0.3) is 0 Å². The van der Waals surface area contributed by atoms with Gasteiger partial charge >= 0.3 is 5.97 Å². The van der Waals surface area contributed by atoms with Crippen LogP contribution in [0.4, 0.5) is 0 Å². The van der Waals surface area contributed by atoms with Crippen molar-refractivity contribution in [3.63, 3.8) is 0 Å². The van der Waals surface area contributed by atoms with Crippen molar-refractivity contribution in [2.24, 2.45) is 5.92 Å². The van der Waals surface area contributed by atoms with Crippen LogP contribution < -0.4 is 0 Å². The van der Waals surface area contributed by atoms with Gasteiger partial charge in [0.15, 0.2) is 8.32 Å². The molecule has 3 nitrogen and oxygen atoms in total. The second-order valence-corrected chi connectivity index (χ2v) is 14.7. The monoisotopic (exact) mass is 262 g/mol. The quantitative estimate of drug-likeness (QED) is 0.545. The Balaban J connectivity index is 4.14. The van der Waals surface area contributed by atoms with Crippen LogP contribution >= 0.6 is 0 Å². The average Bonchev–Trinajstić information content (AvgIpc) is 2.09. The van der Waals surface area contributed by atoms with Crippen molar-refractivity contribution in [2.45, 2.75) is 53.0 Å². The highest BCUT2D eigenvalue weighted by molar-refractivity contribution is 6.84. The molecule has 0 N–H and O–H groups in total. The van der Waals surface area contributed by atoms with Gasteiger partial charge in [0, 0.05) is 0 Å². The van der Waals surface area contributed by atoms with Crippen LogP contribution in [-0.4, -0.2) is 28.8 Å². The lowest BCUT2D eigenvalue weighted by Crippen LogP contribution is -2.46. The fourth-order valence-corrected chi connectivity index (χ4v) is 8.77. The van der Waals surface area contributed by atoms with Crippen molar-refractivity contribution in [3.05, 3.63) is 0 Å². The van der Waals surface area contributed by atoms with E-state index in [1.165, 1.54) is 0 Å². The third kappa shape index (κ3) is 7.19. The lowest BCUT2D eigenvalue weighted by Gasteiger charge is -2.31. The van der Waals surface area contributed by atoms with Crippen LogP contribution in [0.15, 0.2) is 0 Å². The highest BCUT2D eigenvalue weighted by Gasteiger charge is 2.31. The summed E-state index contributed by atoms with van der Waals surface area (Å²) in [6.07, 6.45) is 1.30. The Morgan fingerprint density at radius 3 is 2.06 bits per heavy atom. The summed E-state index contributed by atoms with van der Waals surface area (Å²) in [6, 6.07) is 0. The molecule has 0 radical (unpaired) electrons. The molecule has 0 aromatic rings. The van der Waals surface area contributed by atoms with E-state index in [0.717, 1.165) is 6.42 Å². The molecule has 0 aliphatic rings. The molecule has 0 aliphatic carbocycles. The summed E-state index contributed by atoms with van der Waals surface area (Å²) in [4.78, 5) is 11.5. The van der Waals surface area contributed by atoms with Crippen LogP contribution in [0.5, 0.6) is 0 Å². The van der Waals surface area contributed by atoms with Crippen LogP contribution in [0, 0.1) is 5.92 Å². The Morgan fingerprint density at radius 1 is 1.19 bits per heavy atom. The molecule has 96 valence electrons. The molecule has 0 fully saturated rings. The maximum atomic E-state index is 11.5. The van der Waals surface area contributed by atoms with E-state index in [9.17, 15) is 4.79 Å². The molecule has 0 aromatic carbocycles. The Bertz CT molecular complexity index is 234. The maximum absolute atomic E-state index is 11.5. The first kappa shape index (κ1) is 15.9. The largest absolute Gasteiger partial charge is 0.466 e. The molecule has 0 saturated heterocycles. The van der Waals surface area contributed by atoms with Gasteiger partial charge in [0.25, 0.3) is 0 Å². The van der Waals surface area contributed by atoms with Gasteiger partial charge < -0.3 is 8.85 Å². The van der Waals surface area contributed by atoms with E-state index in [-0.39, 0.29) is 11.9 Å². The third-order valence-electron chi connectivity index (χ3n) is 2.16. The van der Waals surface area contributed by atoms with Crippen molar-refractivity contribution >= 4 is 22.6 Å². The summed E-state index contributed by atoms with van der Waals surface area (Å²) in [7, 11) is -3.37. The lowest BCUT2D eigenvalue weighted by molar-refractivity contribution is -0.146. The summed E-state index contributed by atoms with van der Waals surface area (Å²) in [5.41, 5.74) is 0. The van der Waals surface area contributed by atoms with E-state index in [2.05, 4.69) is 32.7 Å². The molecule has 0 aliphatic heterocycles. The summed E-state index contributed by atoms with van der Waals surface area (Å²) >= 11 is 0. The van der Waals surface area contributed by atoms with Gasteiger partial charge in [0.2, 0.25) is 8.32 Å². The van der Waals surface area contributed by atoms with Crippen LogP contribution in [0.2, 0.25) is 32.7 Å². The summed E-state index contributed by atoms with van der Waals surface area (Å²) in [5.74, 6) is -0.0982. The second-order valence-electron chi connectivity index (χ2n) is 5.89. The van der Waals surface area contributed by atoms with Crippen molar-refractivity contribution in [3.8, 4) is 0 Å². The zero-order valence-corrected chi connectivity index (χ0v) is 13.7. The van der Waals surface area contributed by atoms with Crippen molar-refractivity contribution in [2.75, 3.05) is 6.23 Å². The van der Waals surface area contributed by atoms with E-state index in [1.54, 1.807) is 0 Å². The van der Waals surface area contributed by atoms with E-state index >= 15 is 0 Å². The van der Waals surface area contributed by atoms with E-state index in [0.29, 0.717) is 6.23 Å². The fraction of sp³-hybridized carbons (Fsp3) is 0.909. The highest BCUT2D eigenvalue weighted by Crippen LogP contribution is 2.15. The average molecular weight is 262 g/mol. The number of rotatable bonds is 6. The van der Waals surface area contributed by atoms with E-state index in [4.69, 9.17) is 8.85 Å². The first-order valence-corrected chi connectivity index (χ1v) is 12.5. The highest BCUT2D eigenvalue weighted by atomic mass is 28.4. The van der Waals surface area contributed by atoms with Crippen molar-refractivity contribution in [1.82, 2.24) is 0 Å². The van der Waals surface area contributed by atoms with Gasteiger partial charge in [-0.25, -0.2) is 0 Å². The smallest absolute Gasteiger partial charge is 0.308 e. The van der Waals surface area contributed by atoms with Crippen LogP contribution in [0.1, 0.15) is 20.3 Å². The zero-order valence-electron chi connectivity index (χ0n) is 11.7. The number of carbonyl (C=O) groups excluding carboxylic acids is 1. The molecule has 16 heavy (non-hydrogen) atoms. The number of esters is 1. The van der Waals surface area contributed by atoms with E-state index in [1.807, 2.05) is 13.8 Å². The summed E-state index contributed by atoms with van der Waals surface area (Å²) < 4.78 is 11.4. The molecule has 0 aromatic heterocycles. The molecule has 1 unspecified atom stereocenters. The molecule has 0 saturated carbocycles. The molecule has 0 bridgehead atoms. The maximum Gasteiger partial charge on any atom is 0.308 e. The predicted octanol–water partition coefficient (Wildman–Crippen LogP) is 3.17. The second kappa shape index (κ2) is 5.98. The molecule has 0 spiro atoms. The normalized spacial score (nSPS) is 14.7. The number of carbonyl (C=O) groups is 1. The number of hydrogen-bond acceptors (Lipinski definition) is 3.